The van der Waals surface area contributed by atoms with Gasteiger partial charge in [-0.2, -0.15) is 0 Å². The maximum atomic E-state index is 12.3. The molecule has 0 fully saturated rings. The van der Waals surface area contributed by atoms with E-state index in [4.69, 9.17) is 0 Å². The summed E-state index contributed by atoms with van der Waals surface area (Å²) in [5.41, 5.74) is 1.67. The Morgan fingerprint density at radius 1 is 1.00 bits per heavy atom. The summed E-state index contributed by atoms with van der Waals surface area (Å²) in [5.74, 6) is -0.509. The summed E-state index contributed by atoms with van der Waals surface area (Å²) in [4.78, 5) is 23.9. The van der Waals surface area contributed by atoms with Crippen molar-refractivity contribution in [1.82, 2.24) is 10.6 Å². The van der Waals surface area contributed by atoms with Crippen molar-refractivity contribution < 1.29 is 14.7 Å². The van der Waals surface area contributed by atoms with Crippen LogP contribution >= 0.6 is 0 Å². The summed E-state index contributed by atoms with van der Waals surface area (Å²) >= 11 is 0. The van der Waals surface area contributed by atoms with Crippen molar-refractivity contribution in [3.05, 3.63) is 71.3 Å². The molecule has 0 aromatic heterocycles. The van der Waals surface area contributed by atoms with Gasteiger partial charge in [0, 0.05) is 24.2 Å². The number of aliphatic hydroxyl groups is 1. The van der Waals surface area contributed by atoms with Crippen molar-refractivity contribution in [2.45, 2.75) is 25.5 Å². The summed E-state index contributed by atoms with van der Waals surface area (Å²) in [5, 5.41) is 15.6. The molecule has 0 saturated heterocycles. The third kappa shape index (κ3) is 4.67. The molecule has 126 valence electrons. The van der Waals surface area contributed by atoms with Gasteiger partial charge in [-0.1, -0.05) is 36.4 Å². The van der Waals surface area contributed by atoms with Gasteiger partial charge in [0.05, 0.1) is 6.10 Å². The Balaban J connectivity index is 1.97. The van der Waals surface area contributed by atoms with Gasteiger partial charge in [-0.25, -0.2) is 0 Å². The molecule has 5 nitrogen and oxygen atoms in total. The number of nitrogens with one attached hydrogen (secondary N) is 2. The van der Waals surface area contributed by atoms with Gasteiger partial charge < -0.3 is 15.7 Å². The Hall–Kier alpha value is -2.66. The smallest absolute Gasteiger partial charge is 0.251 e. The van der Waals surface area contributed by atoms with Crippen molar-refractivity contribution in [2.75, 3.05) is 7.05 Å². The molecule has 0 radical (unpaired) electrons. The topological polar surface area (TPSA) is 78.4 Å². The normalized spacial score (nSPS) is 13.0. The Morgan fingerprint density at radius 3 is 2.25 bits per heavy atom. The Kier molecular flexibility index (Phi) is 6.09. The second-order valence-corrected chi connectivity index (χ2v) is 5.70. The van der Waals surface area contributed by atoms with Crippen LogP contribution in [0.1, 0.15) is 45.7 Å². The molecule has 0 saturated carbocycles. The average Bonchev–Trinajstić information content (AvgIpc) is 2.61. The summed E-state index contributed by atoms with van der Waals surface area (Å²) < 4.78 is 0. The number of carbonyl (C=O) groups excluding carboxylic acids is 2. The first-order valence-electron chi connectivity index (χ1n) is 7.87. The van der Waals surface area contributed by atoms with Gasteiger partial charge in [-0.3, -0.25) is 9.59 Å². The molecule has 0 spiro atoms. The van der Waals surface area contributed by atoms with Crippen LogP contribution in [0.3, 0.4) is 0 Å². The van der Waals surface area contributed by atoms with Crippen molar-refractivity contribution >= 4 is 11.8 Å². The Labute approximate surface area is 141 Å². The van der Waals surface area contributed by atoms with E-state index < -0.39 is 6.10 Å². The molecule has 0 aliphatic carbocycles. The van der Waals surface area contributed by atoms with E-state index in [0.717, 1.165) is 5.56 Å². The van der Waals surface area contributed by atoms with Gasteiger partial charge in [-0.15, -0.1) is 0 Å². The molecule has 0 aliphatic rings. The number of hydrogen-bond donors (Lipinski definition) is 3. The van der Waals surface area contributed by atoms with E-state index in [1.165, 1.54) is 0 Å². The van der Waals surface area contributed by atoms with Crippen LogP contribution in [0.4, 0.5) is 0 Å². The summed E-state index contributed by atoms with van der Waals surface area (Å²) in [6.45, 7) is 1.84. The summed E-state index contributed by atoms with van der Waals surface area (Å²) in [6, 6.07) is 15.6. The van der Waals surface area contributed by atoms with Crippen LogP contribution in [-0.2, 0) is 0 Å². The molecular formula is C19H22N2O3. The second kappa shape index (κ2) is 8.26. The highest BCUT2D eigenvalue weighted by atomic mass is 16.3. The van der Waals surface area contributed by atoms with Gasteiger partial charge in [-0.05, 0) is 37.1 Å². The van der Waals surface area contributed by atoms with E-state index in [1.54, 1.807) is 31.3 Å². The standard InChI is InChI=1S/C19H22N2O3/c1-13(11-17(22)14-7-4-3-5-8-14)21-19(24)16-10-6-9-15(12-16)18(23)20-2/h3-10,12-13,17,22H,11H2,1-2H3,(H,20,23)(H,21,24). The minimum Gasteiger partial charge on any atom is -0.388 e. The van der Waals surface area contributed by atoms with Crippen LogP contribution in [0, 0.1) is 0 Å². The van der Waals surface area contributed by atoms with Crippen molar-refractivity contribution in [1.29, 1.82) is 0 Å². The van der Waals surface area contributed by atoms with Gasteiger partial charge in [0.1, 0.15) is 0 Å². The molecule has 2 aromatic rings. The first-order valence-corrected chi connectivity index (χ1v) is 7.87. The zero-order chi connectivity index (χ0) is 17.5. The molecule has 5 heteroatoms. The zero-order valence-electron chi connectivity index (χ0n) is 13.8. The fourth-order valence-corrected chi connectivity index (χ4v) is 2.46. The molecular weight excluding hydrogens is 304 g/mol. The number of amides is 2. The molecule has 0 bridgehead atoms. The predicted octanol–water partition coefficient (Wildman–Crippen LogP) is 2.29. The highest BCUT2D eigenvalue weighted by molar-refractivity contribution is 5.99. The molecule has 2 rings (SSSR count). The highest BCUT2D eigenvalue weighted by Crippen LogP contribution is 2.18. The third-order valence-electron chi connectivity index (χ3n) is 3.75. The van der Waals surface area contributed by atoms with Crippen LogP contribution in [0.5, 0.6) is 0 Å². The fourth-order valence-electron chi connectivity index (χ4n) is 2.46. The van der Waals surface area contributed by atoms with Gasteiger partial charge >= 0.3 is 0 Å². The number of rotatable bonds is 6. The van der Waals surface area contributed by atoms with E-state index >= 15 is 0 Å². The number of hydrogen-bond acceptors (Lipinski definition) is 3. The predicted molar refractivity (Wildman–Crippen MR) is 92.8 cm³/mol. The summed E-state index contributed by atoms with van der Waals surface area (Å²) in [6.07, 6.45) is -0.232. The van der Waals surface area contributed by atoms with Gasteiger partial charge in [0.25, 0.3) is 11.8 Å². The Morgan fingerprint density at radius 2 is 1.62 bits per heavy atom. The van der Waals surface area contributed by atoms with Crippen molar-refractivity contribution in [3.63, 3.8) is 0 Å². The first-order chi connectivity index (χ1) is 11.5. The van der Waals surface area contributed by atoms with E-state index in [1.807, 2.05) is 37.3 Å². The number of carbonyl (C=O) groups is 2. The van der Waals surface area contributed by atoms with Crippen molar-refractivity contribution in [3.8, 4) is 0 Å². The molecule has 24 heavy (non-hydrogen) atoms. The minimum atomic E-state index is -0.640. The molecule has 2 unspecified atom stereocenters. The van der Waals surface area contributed by atoms with Crippen LogP contribution < -0.4 is 10.6 Å². The first kappa shape index (κ1) is 17.7. The van der Waals surface area contributed by atoms with Crippen LogP contribution in [0.25, 0.3) is 0 Å². The minimum absolute atomic E-state index is 0.212. The second-order valence-electron chi connectivity index (χ2n) is 5.70. The average molecular weight is 326 g/mol. The number of aliphatic hydroxyl groups excluding tert-OH is 1. The molecule has 0 heterocycles. The van der Waals surface area contributed by atoms with E-state index in [9.17, 15) is 14.7 Å². The molecule has 3 N–H and O–H groups in total. The highest BCUT2D eigenvalue weighted by Gasteiger charge is 2.16. The lowest BCUT2D eigenvalue weighted by Gasteiger charge is -2.18. The van der Waals surface area contributed by atoms with E-state index in [2.05, 4.69) is 10.6 Å². The van der Waals surface area contributed by atoms with Gasteiger partial charge in [0.2, 0.25) is 0 Å². The van der Waals surface area contributed by atoms with Crippen LogP contribution in [0.2, 0.25) is 0 Å². The fraction of sp³-hybridized carbons (Fsp3) is 0.263. The third-order valence-corrected chi connectivity index (χ3v) is 3.75. The SMILES string of the molecule is CNC(=O)c1cccc(C(=O)NC(C)CC(O)c2ccccc2)c1. The molecule has 2 atom stereocenters. The Bertz CT molecular complexity index is 701. The quantitative estimate of drug-likeness (QED) is 0.762. The largest absolute Gasteiger partial charge is 0.388 e. The lowest BCUT2D eigenvalue weighted by Crippen LogP contribution is -2.34. The monoisotopic (exact) mass is 326 g/mol. The molecule has 2 aromatic carbocycles. The number of benzene rings is 2. The van der Waals surface area contributed by atoms with E-state index in [-0.39, 0.29) is 17.9 Å². The zero-order valence-corrected chi connectivity index (χ0v) is 13.8. The van der Waals surface area contributed by atoms with Crippen LogP contribution in [0.15, 0.2) is 54.6 Å². The van der Waals surface area contributed by atoms with Crippen molar-refractivity contribution in [2.24, 2.45) is 0 Å². The van der Waals surface area contributed by atoms with Crippen LogP contribution in [-0.4, -0.2) is 30.0 Å². The maximum Gasteiger partial charge on any atom is 0.251 e. The molecule has 0 aliphatic heterocycles. The lowest BCUT2D eigenvalue weighted by molar-refractivity contribution is 0.0917. The lowest BCUT2D eigenvalue weighted by atomic mass is 10.0. The van der Waals surface area contributed by atoms with E-state index in [0.29, 0.717) is 17.5 Å². The van der Waals surface area contributed by atoms with Gasteiger partial charge in [0.15, 0.2) is 0 Å². The summed E-state index contributed by atoms with van der Waals surface area (Å²) in [7, 11) is 1.54. The maximum absolute atomic E-state index is 12.3. The molecule has 2 amide bonds.